The van der Waals surface area contributed by atoms with Crippen LogP contribution < -0.4 is 10.1 Å². The topological polar surface area (TPSA) is 40.1 Å². The number of likely N-dealkylation sites (tertiary alicyclic amines) is 1. The van der Waals surface area contributed by atoms with Crippen LogP contribution in [0.4, 0.5) is 0 Å². The highest BCUT2D eigenvalue weighted by molar-refractivity contribution is 14.0. The third-order valence-corrected chi connectivity index (χ3v) is 5.48. The van der Waals surface area contributed by atoms with Crippen LogP contribution in [0.5, 0.6) is 5.75 Å². The minimum Gasteiger partial charge on any atom is -0.497 e. The summed E-state index contributed by atoms with van der Waals surface area (Å²) in [6.45, 7) is 8.33. The minimum absolute atomic E-state index is 0. The van der Waals surface area contributed by atoms with E-state index in [1.807, 2.05) is 0 Å². The van der Waals surface area contributed by atoms with Crippen molar-refractivity contribution in [1.82, 2.24) is 15.1 Å². The van der Waals surface area contributed by atoms with E-state index in [2.05, 4.69) is 67.3 Å². The number of aliphatic imine (C=N–C) groups is 1. The molecule has 1 aromatic rings. The Morgan fingerprint density at radius 1 is 1.29 bits per heavy atom. The monoisotopic (exact) mass is 502 g/mol. The number of unbranched alkanes of at least 4 members (excludes halogenated alkanes) is 1. The van der Waals surface area contributed by atoms with Crippen molar-refractivity contribution < 1.29 is 4.74 Å². The number of methoxy groups -OCH3 is 1. The van der Waals surface area contributed by atoms with E-state index in [1.54, 1.807) is 7.11 Å². The second-order valence-corrected chi connectivity index (χ2v) is 7.57. The molecule has 2 atom stereocenters. The number of guanidine groups is 1. The summed E-state index contributed by atoms with van der Waals surface area (Å²) in [5.41, 5.74) is 1.36. The van der Waals surface area contributed by atoms with Gasteiger partial charge in [-0.15, -0.1) is 24.0 Å². The van der Waals surface area contributed by atoms with Gasteiger partial charge in [-0.05, 0) is 63.4 Å². The van der Waals surface area contributed by atoms with Gasteiger partial charge in [0.15, 0.2) is 5.96 Å². The summed E-state index contributed by atoms with van der Waals surface area (Å²) < 4.78 is 5.33. The van der Waals surface area contributed by atoms with Crippen LogP contribution in [0.15, 0.2) is 29.3 Å². The lowest BCUT2D eigenvalue weighted by Gasteiger charge is -2.39. The smallest absolute Gasteiger partial charge is 0.193 e. The van der Waals surface area contributed by atoms with Crippen molar-refractivity contribution in [2.45, 2.75) is 45.6 Å². The van der Waals surface area contributed by atoms with Gasteiger partial charge in [0.25, 0.3) is 0 Å². The number of piperidine rings is 1. The van der Waals surface area contributed by atoms with Crippen LogP contribution in [-0.2, 0) is 0 Å². The molecule has 1 N–H and O–H groups in total. The molecule has 1 saturated heterocycles. The van der Waals surface area contributed by atoms with E-state index in [9.17, 15) is 0 Å². The highest BCUT2D eigenvalue weighted by atomic mass is 127. The summed E-state index contributed by atoms with van der Waals surface area (Å²) >= 11 is 0. The lowest BCUT2D eigenvalue weighted by molar-refractivity contribution is 0.125. The van der Waals surface area contributed by atoms with Gasteiger partial charge in [-0.1, -0.05) is 25.5 Å². The number of rotatable bonds is 8. The fourth-order valence-electron chi connectivity index (χ4n) is 3.95. The van der Waals surface area contributed by atoms with Gasteiger partial charge in [0.05, 0.1) is 7.11 Å². The number of hydrogen-bond acceptors (Lipinski definition) is 3. The predicted molar refractivity (Wildman–Crippen MR) is 130 cm³/mol. The second-order valence-electron chi connectivity index (χ2n) is 7.57. The Kier molecular flexibility index (Phi) is 11.8. The normalized spacial score (nSPS) is 20.4. The average Bonchev–Trinajstić information content (AvgIpc) is 2.69. The number of nitrogens with one attached hydrogen (secondary N) is 1. The lowest BCUT2D eigenvalue weighted by atomic mass is 9.85. The summed E-state index contributed by atoms with van der Waals surface area (Å²) in [6, 6.07) is 8.97. The van der Waals surface area contributed by atoms with Crippen molar-refractivity contribution in [3.8, 4) is 5.75 Å². The van der Waals surface area contributed by atoms with Crippen LogP contribution in [0.2, 0.25) is 0 Å². The zero-order chi connectivity index (χ0) is 19.6. The third-order valence-electron chi connectivity index (χ3n) is 5.48. The van der Waals surface area contributed by atoms with E-state index in [1.165, 1.54) is 31.2 Å². The van der Waals surface area contributed by atoms with E-state index in [4.69, 9.17) is 9.73 Å². The van der Waals surface area contributed by atoms with E-state index >= 15 is 0 Å². The fourth-order valence-corrected chi connectivity index (χ4v) is 3.95. The summed E-state index contributed by atoms with van der Waals surface area (Å²) in [4.78, 5) is 9.77. The number of halogens is 1. The highest BCUT2D eigenvalue weighted by Gasteiger charge is 2.30. The Bertz CT molecular complexity index is 578. The predicted octanol–water partition coefficient (Wildman–Crippen LogP) is 4.39. The van der Waals surface area contributed by atoms with Gasteiger partial charge in [0, 0.05) is 32.7 Å². The quantitative estimate of drug-likeness (QED) is 0.325. The number of benzene rings is 1. The van der Waals surface area contributed by atoms with Crippen molar-refractivity contribution in [2.24, 2.45) is 10.9 Å². The van der Waals surface area contributed by atoms with E-state index in [0.717, 1.165) is 37.9 Å². The SMILES string of the molecule is CCCCN(C)C(=NCC1CCCN(C)C1c1ccc(OC)cc1)NCC.I. The first-order valence-electron chi connectivity index (χ1n) is 10.4. The summed E-state index contributed by atoms with van der Waals surface area (Å²) in [6.07, 6.45) is 4.87. The third kappa shape index (κ3) is 7.10. The maximum absolute atomic E-state index is 5.33. The van der Waals surface area contributed by atoms with Crippen LogP contribution in [0.25, 0.3) is 0 Å². The molecule has 0 saturated carbocycles. The largest absolute Gasteiger partial charge is 0.497 e. The van der Waals surface area contributed by atoms with Crippen molar-refractivity contribution in [3.05, 3.63) is 29.8 Å². The first-order chi connectivity index (χ1) is 13.1. The summed E-state index contributed by atoms with van der Waals surface area (Å²) in [5.74, 6) is 2.48. The molecule has 0 aromatic heterocycles. The van der Waals surface area contributed by atoms with Gasteiger partial charge in [0.2, 0.25) is 0 Å². The molecular weight excluding hydrogens is 463 g/mol. The average molecular weight is 502 g/mol. The molecule has 0 spiro atoms. The Labute approximate surface area is 188 Å². The van der Waals surface area contributed by atoms with E-state index in [-0.39, 0.29) is 24.0 Å². The molecule has 6 heteroatoms. The molecule has 0 radical (unpaired) electrons. The van der Waals surface area contributed by atoms with Crippen molar-refractivity contribution in [3.63, 3.8) is 0 Å². The molecule has 2 rings (SSSR count). The molecule has 0 aliphatic carbocycles. The molecule has 1 aromatic carbocycles. The Morgan fingerprint density at radius 3 is 2.61 bits per heavy atom. The zero-order valence-electron chi connectivity index (χ0n) is 18.3. The summed E-state index contributed by atoms with van der Waals surface area (Å²) in [7, 11) is 6.10. The number of nitrogens with zero attached hydrogens (tertiary/aromatic N) is 3. The first-order valence-corrected chi connectivity index (χ1v) is 10.4. The molecule has 1 heterocycles. The van der Waals surface area contributed by atoms with Crippen LogP contribution in [0.3, 0.4) is 0 Å². The molecular formula is C22H39IN4O. The molecule has 1 aliphatic heterocycles. The van der Waals surface area contributed by atoms with Crippen molar-refractivity contribution >= 4 is 29.9 Å². The van der Waals surface area contributed by atoms with Gasteiger partial charge in [-0.2, -0.15) is 0 Å². The maximum atomic E-state index is 5.33. The lowest BCUT2D eigenvalue weighted by Crippen LogP contribution is -2.41. The van der Waals surface area contributed by atoms with Gasteiger partial charge >= 0.3 is 0 Å². The number of hydrogen-bond donors (Lipinski definition) is 1. The molecule has 0 amide bonds. The van der Waals surface area contributed by atoms with Crippen LogP contribution in [0, 0.1) is 5.92 Å². The summed E-state index contributed by atoms with van der Waals surface area (Å²) in [5, 5.41) is 3.46. The molecule has 160 valence electrons. The molecule has 28 heavy (non-hydrogen) atoms. The van der Waals surface area contributed by atoms with Crippen LogP contribution in [0.1, 0.15) is 51.1 Å². The zero-order valence-corrected chi connectivity index (χ0v) is 20.6. The molecule has 5 nitrogen and oxygen atoms in total. The van der Waals surface area contributed by atoms with Crippen molar-refractivity contribution in [2.75, 3.05) is 47.4 Å². The van der Waals surface area contributed by atoms with Crippen LogP contribution in [-0.4, -0.2) is 63.1 Å². The molecule has 0 bridgehead atoms. The highest BCUT2D eigenvalue weighted by Crippen LogP contribution is 2.35. The fraction of sp³-hybridized carbons (Fsp3) is 0.682. The van der Waals surface area contributed by atoms with Crippen molar-refractivity contribution in [1.29, 1.82) is 0 Å². The number of ether oxygens (including phenoxy) is 1. The standard InChI is InChI=1S/C22H38N4O.HI/c1-6-8-15-26(4)22(23-7-2)24-17-19-10-9-16-25(3)21(19)18-11-13-20(27-5)14-12-18;/h11-14,19,21H,6-10,15-17H2,1-5H3,(H,23,24);1H. The van der Waals surface area contributed by atoms with Gasteiger partial charge < -0.3 is 15.0 Å². The minimum atomic E-state index is 0. The van der Waals surface area contributed by atoms with Gasteiger partial charge in [0.1, 0.15) is 5.75 Å². The Morgan fingerprint density at radius 2 is 2.00 bits per heavy atom. The Hall–Kier alpha value is -1.02. The molecule has 1 fully saturated rings. The van der Waals surface area contributed by atoms with E-state index in [0.29, 0.717) is 12.0 Å². The van der Waals surface area contributed by atoms with Gasteiger partial charge in [-0.25, -0.2) is 0 Å². The second kappa shape index (κ2) is 13.2. The first kappa shape index (κ1) is 25.0. The van der Waals surface area contributed by atoms with E-state index < -0.39 is 0 Å². The molecule has 1 aliphatic rings. The molecule has 2 unspecified atom stereocenters. The van der Waals surface area contributed by atoms with Crippen LogP contribution >= 0.6 is 24.0 Å². The maximum Gasteiger partial charge on any atom is 0.193 e. The Balaban J connectivity index is 0.00000392. The van der Waals surface area contributed by atoms with Gasteiger partial charge in [-0.3, -0.25) is 9.89 Å².